The first-order valence-electron chi connectivity index (χ1n) is 5.77. The van der Waals surface area contributed by atoms with Crippen LogP contribution in [0.25, 0.3) is 0 Å². The van der Waals surface area contributed by atoms with Crippen LogP contribution in [0.2, 0.25) is 0 Å². The number of nitrogens with two attached hydrogens (primary N) is 1. The van der Waals surface area contributed by atoms with Crippen LogP contribution in [0, 0.1) is 12.8 Å². The molecule has 1 amide bonds. The number of aryl methyl sites for hydroxylation is 1. The summed E-state index contributed by atoms with van der Waals surface area (Å²) < 4.78 is 0. The van der Waals surface area contributed by atoms with Gasteiger partial charge in [-0.15, -0.1) is 0 Å². The predicted molar refractivity (Wildman–Crippen MR) is 65.3 cm³/mol. The third kappa shape index (κ3) is 2.09. The van der Waals surface area contributed by atoms with Crippen LogP contribution in [-0.2, 0) is 4.79 Å². The topological polar surface area (TPSA) is 46.3 Å². The van der Waals surface area contributed by atoms with E-state index < -0.39 is 0 Å². The molecule has 16 heavy (non-hydrogen) atoms. The molecule has 1 aliphatic carbocycles. The van der Waals surface area contributed by atoms with Crippen molar-refractivity contribution in [1.82, 2.24) is 0 Å². The zero-order valence-corrected chi connectivity index (χ0v) is 9.81. The quantitative estimate of drug-likeness (QED) is 0.839. The largest absolute Gasteiger partial charge is 0.327 e. The first-order valence-corrected chi connectivity index (χ1v) is 5.77. The highest BCUT2D eigenvalue weighted by Crippen LogP contribution is 2.31. The summed E-state index contributed by atoms with van der Waals surface area (Å²) in [7, 11) is 0. The standard InChI is InChI=1S/C13H18N2O/c1-3-15(13(16)11-8-12(11)14)10-6-4-5-9(2)7-10/h4-7,11-12H,3,8,14H2,1-2H3. The minimum absolute atomic E-state index is 0.0421. The zero-order chi connectivity index (χ0) is 11.7. The van der Waals surface area contributed by atoms with Crippen LogP contribution < -0.4 is 10.6 Å². The van der Waals surface area contributed by atoms with Gasteiger partial charge in [-0.1, -0.05) is 12.1 Å². The molecular weight excluding hydrogens is 200 g/mol. The van der Waals surface area contributed by atoms with Gasteiger partial charge in [0.2, 0.25) is 5.91 Å². The maximum atomic E-state index is 12.1. The molecule has 0 spiro atoms. The van der Waals surface area contributed by atoms with Gasteiger partial charge in [0.05, 0.1) is 5.92 Å². The van der Waals surface area contributed by atoms with Gasteiger partial charge in [-0.25, -0.2) is 0 Å². The van der Waals surface area contributed by atoms with E-state index >= 15 is 0 Å². The fourth-order valence-corrected chi connectivity index (χ4v) is 1.96. The van der Waals surface area contributed by atoms with E-state index in [2.05, 4.69) is 0 Å². The van der Waals surface area contributed by atoms with E-state index in [1.54, 1.807) is 0 Å². The van der Waals surface area contributed by atoms with Crippen LogP contribution in [0.15, 0.2) is 24.3 Å². The van der Waals surface area contributed by atoms with E-state index in [9.17, 15) is 4.79 Å². The van der Waals surface area contributed by atoms with Crippen molar-refractivity contribution in [2.75, 3.05) is 11.4 Å². The smallest absolute Gasteiger partial charge is 0.231 e. The van der Waals surface area contributed by atoms with Crippen molar-refractivity contribution < 1.29 is 4.79 Å². The lowest BCUT2D eigenvalue weighted by atomic mass is 10.2. The normalized spacial score (nSPS) is 22.9. The molecule has 0 bridgehead atoms. The average Bonchev–Trinajstić information content (AvgIpc) is 2.96. The maximum Gasteiger partial charge on any atom is 0.231 e. The fraction of sp³-hybridized carbons (Fsp3) is 0.462. The molecule has 0 aromatic heterocycles. The SMILES string of the molecule is CCN(C(=O)C1CC1N)c1cccc(C)c1. The highest BCUT2D eigenvalue weighted by Gasteiger charge is 2.42. The average molecular weight is 218 g/mol. The number of benzene rings is 1. The van der Waals surface area contributed by atoms with Gasteiger partial charge in [-0.3, -0.25) is 4.79 Å². The van der Waals surface area contributed by atoms with Crippen LogP contribution in [0.4, 0.5) is 5.69 Å². The molecule has 1 saturated carbocycles. The van der Waals surface area contributed by atoms with Crippen molar-refractivity contribution in [2.45, 2.75) is 26.3 Å². The van der Waals surface area contributed by atoms with Crippen molar-refractivity contribution in [3.8, 4) is 0 Å². The van der Waals surface area contributed by atoms with Gasteiger partial charge >= 0.3 is 0 Å². The summed E-state index contributed by atoms with van der Waals surface area (Å²) in [5.41, 5.74) is 7.87. The van der Waals surface area contributed by atoms with Gasteiger partial charge in [0, 0.05) is 18.3 Å². The molecule has 1 aromatic carbocycles. The van der Waals surface area contributed by atoms with Crippen molar-refractivity contribution in [3.63, 3.8) is 0 Å². The lowest BCUT2D eigenvalue weighted by molar-refractivity contribution is -0.119. The molecule has 2 atom stereocenters. The van der Waals surface area contributed by atoms with Crippen LogP contribution in [0.3, 0.4) is 0 Å². The molecule has 86 valence electrons. The number of anilines is 1. The van der Waals surface area contributed by atoms with Crippen LogP contribution in [0.1, 0.15) is 18.9 Å². The molecular formula is C13H18N2O. The second-order valence-corrected chi connectivity index (χ2v) is 4.43. The Hall–Kier alpha value is -1.35. The van der Waals surface area contributed by atoms with Crippen molar-refractivity contribution in [1.29, 1.82) is 0 Å². The Morgan fingerprint density at radius 1 is 1.56 bits per heavy atom. The number of carbonyl (C=O) groups is 1. The molecule has 3 heteroatoms. The first-order chi connectivity index (χ1) is 7.63. The minimum Gasteiger partial charge on any atom is -0.327 e. The van der Waals surface area contributed by atoms with Crippen LogP contribution >= 0.6 is 0 Å². The molecule has 1 aromatic rings. The molecule has 3 nitrogen and oxygen atoms in total. The lowest BCUT2D eigenvalue weighted by Gasteiger charge is -2.21. The molecule has 0 heterocycles. The van der Waals surface area contributed by atoms with Gasteiger partial charge in [0.25, 0.3) is 0 Å². The highest BCUT2D eigenvalue weighted by molar-refractivity contribution is 5.97. The molecule has 0 saturated heterocycles. The molecule has 2 rings (SSSR count). The highest BCUT2D eigenvalue weighted by atomic mass is 16.2. The molecule has 2 unspecified atom stereocenters. The number of hydrogen-bond donors (Lipinski definition) is 1. The number of carbonyl (C=O) groups excluding carboxylic acids is 1. The van der Waals surface area contributed by atoms with Crippen LogP contribution in [-0.4, -0.2) is 18.5 Å². The molecule has 1 fully saturated rings. The summed E-state index contributed by atoms with van der Waals surface area (Å²) >= 11 is 0. The Balaban J connectivity index is 2.19. The Morgan fingerprint density at radius 3 is 2.75 bits per heavy atom. The maximum absolute atomic E-state index is 12.1. The van der Waals surface area contributed by atoms with E-state index in [1.807, 2.05) is 43.0 Å². The second kappa shape index (κ2) is 4.26. The van der Waals surface area contributed by atoms with Gasteiger partial charge in [-0.05, 0) is 38.0 Å². The molecule has 2 N–H and O–H groups in total. The molecule has 0 radical (unpaired) electrons. The van der Waals surface area contributed by atoms with Gasteiger partial charge < -0.3 is 10.6 Å². The number of nitrogens with zero attached hydrogens (tertiary/aromatic N) is 1. The van der Waals surface area contributed by atoms with Gasteiger partial charge in [0.15, 0.2) is 0 Å². The Bertz CT molecular complexity index is 403. The minimum atomic E-state index is 0.0421. The summed E-state index contributed by atoms with van der Waals surface area (Å²) in [5, 5.41) is 0. The number of hydrogen-bond acceptors (Lipinski definition) is 2. The monoisotopic (exact) mass is 218 g/mol. The van der Waals surface area contributed by atoms with E-state index in [1.165, 1.54) is 5.56 Å². The van der Waals surface area contributed by atoms with Gasteiger partial charge in [-0.2, -0.15) is 0 Å². The van der Waals surface area contributed by atoms with E-state index in [-0.39, 0.29) is 17.9 Å². The Labute approximate surface area is 96.2 Å². The number of rotatable bonds is 3. The third-order valence-electron chi connectivity index (χ3n) is 3.05. The van der Waals surface area contributed by atoms with E-state index in [0.717, 1.165) is 12.1 Å². The number of amides is 1. The van der Waals surface area contributed by atoms with E-state index in [4.69, 9.17) is 5.73 Å². The zero-order valence-electron chi connectivity index (χ0n) is 9.81. The second-order valence-electron chi connectivity index (χ2n) is 4.43. The summed E-state index contributed by atoms with van der Waals surface area (Å²) in [4.78, 5) is 13.9. The summed E-state index contributed by atoms with van der Waals surface area (Å²) in [6, 6.07) is 8.10. The van der Waals surface area contributed by atoms with E-state index in [0.29, 0.717) is 6.54 Å². The van der Waals surface area contributed by atoms with Crippen molar-refractivity contribution in [3.05, 3.63) is 29.8 Å². The summed E-state index contributed by atoms with van der Waals surface area (Å²) in [6.45, 7) is 4.73. The van der Waals surface area contributed by atoms with Crippen molar-refractivity contribution in [2.24, 2.45) is 11.7 Å². The first kappa shape index (κ1) is 11.1. The summed E-state index contributed by atoms with van der Waals surface area (Å²) in [6.07, 6.45) is 0.834. The van der Waals surface area contributed by atoms with Gasteiger partial charge in [0.1, 0.15) is 0 Å². The Kier molecular flexibility index (Phi) is 2.97. The van der Waals surface area contributed by atoms with Crippen molar-refractivity contribution >= 4 is 11.6 Å². The Morgan fingerprint density at radius 2 is 2.25 bits per heavy atom. The van der Waals surface area contributed by atoms with Crippen LogP contribution in [0.5, 0.6) is 0 Å². The lowest BCUT2D eigenvalue weighted by Crippen LogP contribution is -2.33. The predicted octanol–water partition coefficient (Wildman–Crippen LogP) is 1.70. The third-order valence-corrected chi connectivity index (χ3v) is 3.05. The fourth-order valence-electron chi connectivity index (χ4n) is 1.96. The summed E-state index contributed by atoms with van der Waals surface area (Å²) in [5.74, 6) is 0.209. The molecule has 1 aliphatic rings. The molecule has 0 aliphatic heterocycles.